The van der Waals surface area contributed by atoms with Gasteiger partial charge < -0.3 is 25.6 Å². The number of aliphatic hydroxyl groups is 1. The van der Waals surface area contributed by atoms with Gasteiger partial charge in [0, 0.05) is 11.3 Å². The Kier molecular flexibility index (Phi) is 9.16. The zero-order chi connectivity index (χ0) is 27.6. The van der Waals surface area contributed by atoms with E-state index < -0.39 is 12.2 Å². The molecule has 0 aliphatic carbocycles. The van der Waals surface area contributed by atoms with E-state index in [1.165, 1.54) is 6.08 Å². The van der Waals surface area contributed by atoms with Crippen molar-refractivity contribution in [2.75, 3.05) is 29.6 Å². The van der Waals surface area contributed by atoms with Gasteiger partial charge in [0.1, 0.15) is 18.5 Å². The van der Waals surface area contributed by atoms with Crippen LogP contribution in [0, 0.1) is 5.92 Å². The van der Waals surface area contributed by atoms with Crippen LogP contribution in [0.2, 0.25) is 0 Å². The van der Waals surface area contributed by atoms with Crippen LogP contribution in [-0.4, -0.2) is 30.3 Å². The number of hydrogen-bond donors (Lipinski definition) is 4. The number of aliphatic hydroxyl groups excluding tert-OH is 1. The van der Waals surface area contributed by atoms with E-state index in [2.05, 4.69) is 10.6 Å². The fourth-order valence-corrected chi connectivity index (χ4v) is 4.11. The van der Waals surface area contributed by atoms with E-state index in [0.717, 1.165) is 10.8 Å². The number of nitrogens with two attached hydrogens (primary N) is 1. The lowest BCUT2D eigenvalue weighted by Crippen LogP contribution is -2.21. The van der Waals surface area contributed by atoms with E-state index in [1.807, 2.05) is 49.4 Å². The van der Waals surface area contributed by atoms with E-state index in [-0.39, 0.29) is 25.0 Å². The molecule has 4 aromatic carbocycles. The monoisotopic (exact) mass is 525 g/mol. The highest BCUT2D eigenvalue weighted by Gasteiger charge is 2.23. The Labute approximate surface area is 227 Å². The third kappa shape index (κ3) is 7.37. The fraction of sp³-hybridized carbons (Fsp3) is 0.161. The number of hydrogen-bond acceptors (Lipinski definition) is 6. The average molecular weight is 526 g/mol. The highest BCUT2D eigenvalue weighted by atomic mass is 16.6. The van der Waals surface area contributed by atoms with Crippen LogP contribution in [0.3, 0.4) is 0 Å². The SMILES string of the molecule is C[C@@H](/C=C/C(=O)Nc1ccccc1N)[C@H](OC(=O)Nc1cccc2ccccc12)c1ccc(OCCO)cc1. The second-order valence-electron chi connectivity index (χ2n) is 8.91. The van der Waals surface area contributed by atoms with Gasteiger partial charge in [0.25, 0.3) is 0 Å². The van der Waals surface area contributed by atoms with Crippen LogP contribution in [-0.2, 0) is 9.53 Å². The zero-order valence-electron chi connectivity index (χ0n) is 21.5. The van der Waals surface area contributed by atoms with Gasteiger partial charge >= 0.3 is 6.09 Å². The number of ether oxygens (including phenoxy) is 2. The molecule has 0 spiro atoms. The third-order valence-electron chi connectivity index (χ3n) is 6.08. The number of carbonyl (C=O) groups is 2. The zero-order valence-corrected chi connectivity index (χ0v) is 21.5. The lowest BCUT2D eigenvalue weighted by atomic mass is 9.96. The van der Waals surface area contributed by atoms with E-state index >= 15 is 0 Å². The first-order chi connectivity index (χ1) is 18.9. The lowest BCUT2D eigenvalue weighted by Gasteiger charge is -2.23. The summed E-state index contributed by atoms with van der Waals surface area (Å²) in [5.41, 5.74) is 8.24. The van der Waals surface area contributed by atoms with E-state index in [1.54, 1.807) is 54.6 Å². The Hall–Kier alpha value is -4.82. The first-order valence-electron chi connectivity index (χ1n) is 12.6. The molecule has 200 valence electrons. The molecule has 0 aliphatic rings. The molecule has 0 bridgehead atoms. The summed E-state index contributed by atoms with van der Waals surface area (Å²) >= 11 is 0. The van der Waals surface area contributed by atoms with Crippen LogP contribution in [0.5, 0.6) is 5.75 Å². The molecule has 39 heavy (non-hydrogen) atoms. The molecule has 8 heteroatoms. The molecule has 0 aliphatic heterocycles. The van der Waals surface area contributed by atoms with Crippen LogP contribution in [0.4, 0.5) is 21.9 Å². The summed E-state index contributed by atoms with van der Waals surface area (Å²) in [5, 5.41) is 16.5. The summed E-state index contributed by atoms with van der Waals surface area (Å²) in [4.78, 5) is 25.6. The molecule has 0 unspecified atom stereocenters. The summed E-state index contributed by atoms with van der Waals surface area (Å²) in [6.07, 6.45) is 1.74. The van der Waals surface area contributed by atoms with Gasteiger partial charge in [0.2, 0.25) is 5.91 Å². The first kappa shape index (κ1) is 27.2. The molecule has 4 aromatic rings. The Morgan fingerprint density at radius 2 is 1.59 bits per heavy atom. The fourth-order valence-electron chi connectivity index (χ4n) is 4.11. The number of para-hydroxylation sites is 2. The van der Waals surface area contributed by atoms with Gasteiger partial charge in [-0.3, -0.25) is 10.1 Å². The van der Waals surface area contributed by atoms with E-state index in [0.29, 0.717) is 28.4 Å². The predicted molar refractivity (Wildman–Crippen MR) is 154 cm³/mol. The summed E-state index contributed by atoms with van der Waals surface area (Å²) in [7, 11) is 0. The number of nitrogens with one attached hydrogen (secondary N) is 2. The summed E-state index contributed by atoms with van der Waals surface area (Å²) in [6.45, 7) is 1.93. The maximum absolute atomic E-state index is 13.1. The highest BCUT2D eigenvalue weighted by molar-refractivity contribution is 6.01. The number of fused-ring (bicyclic) bond motifs is 1. The molecule has 0 radical (unpaired) electrons. The second kappa shape index (κ2) is 13.1. The van der Waals surface area contributed by atoms with Crippen molar-refractivity contribution >= 4 is 39.8 Å². The molecule has 2 amide bonds. The molecule has 0 heterocycles. The van der Waals surface area contributed by atoms with Crippen molar-refractivity contribution in [3.05, 3.63) is 109 Å². The van der Waals surface area contributed by atoms with Crippen LogP contribution < -0.4 is 21.1 Å². The van der Waals surface area contributed by atoms with Crippen LogP contribution in [0.1, 0.15) is 18.6 Å². The van der Waals surface area contributed by atoms with Gasteiger partial charge in [0.05, 0.1) is 23.7 Å². The largest absolute Gasteiger partial charge is 0.491 e. The molecular weight excluding hydrogens is 494 g/mol. The van der Waals surface area contributed by atoms with Crippen LogP contribution in [0.15, 0.2) is 103 Å². The van der Waals surface area contributed by atoms with Crippen molar-refractivity contribution in [2.45, 2.75) is 13.0 Å². The Morgan fingerprint density at radius 1 is 0.897 bits per heavy atom. The van der Waals surface area contributed by atoms with Crippen molar-refractivity contribution < 1.29 is 24.2 Å². The maximum atomic E-state index is 13.1. The Bertz CT molecular complexity index is 1450. The predicted octanol–water partition coefficient (Wildman–Crippen LogP) is 5.91. The van der Waals surface area contributed by atoms with Gasteiger partial charge in [-0.1, -0.05) is 73.7 Å². The van der Waals surface area contributed by atoms with Crippen molar-refractivity contribution in [1.82, 2.24) is 0 Å². The molecular formula is C31H31N3O5. The van der Waals surface area contributed by atoms with Crippen molar-refractivity contribution in [3.8, 4) is 5.75 Å². The lowest BCUT2D eigenvalue weighted by molar-refractivity contribution is -0.111. The van der Waals surface area contributed by atoms with Crippen LogP contribution >= 0.6 is 0 Å². The second-order valence-corrected chi connectivity index (χ2v) is 8.91. The van der Waals surface area contributed by atoms with Gasteiger partial charge in [0.15, 0.2) is 0 Å². The number of nitrogen functional groups attached to an aromatic ring is 1. The number of rotatable bonds is 10. The molecule has 8 nitrogen and oxygen atoms in total. The third-order valence-corrected chi connectivity index (χ3v) is 6.08. The molecule has 0 aromatic heterocycles. The van der Waals surface area contributed by atoms with Gasteiger partial charge in [-0.15, -0.1) is 0 Å². The maximum Gasteiger partial charge on any atom is 0.412 e. The molecule has 0 saturated heterocycles. The average Bonchev–Trinajstić information content (AvgIpc) is 2.95. The molecule has 4 rings (SSSR count). The Balaban J connectivity index is 1.52. The first-order valence-corrected chi connectivity index (χ1v) is 12.6. The minimum atomic E-state index is -0.710. The normalized spacial score (nSPS) is 12.6. The van der Waals surface area contributed by atoms with Crippen molar-refractivity contribution in [1.29, 1.82) is 0 Å². The Morgan fingerprint density at radius 3 is 2.36 bits per heavy atom. The number of anilines is 3. The molecule has 0 saturated carbocycles. The molecule has 5 N–H and O–H groups in total. The van der Waals surface area contributed by atoms with E-state index in [9.17, 15) is 9.59 Å². The topological polar surface area (TPSA) is 123 Å². The summed E-state index contributed by atoms with van der Waals surface area (Å²) in [6, 6.07) is 27.4. The van der Waals surface area contributed by atoms with E-state index in [4.69, 9.17) is 20.3 Å². The minimum absolute atomic E-state index is 0.0969. The quantitative estimate of drug-likeness (QED) is 0.151. The number of benzene rings is 4. The minimum Gasteiger partial charge on any atom is -0.491 e. The van der Waals surface area contributed by atoms with Gasteiger partial charge in [-0.25, -0.2) is 4.79 Å². The van der Waals surface area contributed by atoms with Crippen LogP contribution in [0.25, 0.3) is 10.8 Å². The number of carbonyl (C=O) groups excluding carboxylic acids is 2. The molecule has 0 fully saturated rings. The highest BCUT2D eigenvalue weighted by Crippen LogP contribution is 2.30. The number of amides is 2. The van der Waals surface area contributed by atoms with Gasteiger partial charge in [-0.2, -0.15) is 0 Å². The van der Waals surface area contributed by atoms with Gasteiger partial charge in [-0.05, 0) is 47.4 Å². The van der Waals surface area contributed by atoms with Crippen molar-refractivity contribution in [2.24, 2.45) is 5.92 Å². The van der Waals surface area contributed by atoms with Crippen molar-refractivity contribution in [3.63, 3.8) is 0 Å². The summed E-state index contributed by atoms with van der Waals surface area (Å²) in [5.74, 6) is -0.146. The molecule has 2 atom stereocenters. The smallest absolute Gasteiger partial charge is 0.412 e. The standard InChI is InChI=1S/C31H31N3O5/c1-21(13-18-29(36)33-28-11-5-4-10-26(28)32)30(23-14-16-24(17-15-23)38-20-19-35)39-31(37)34-27-12-6-8-22-7-2-3-9-25(22)27/h2-18,21,30,35H,19-20,32H2,1H3,(H,33,36)(H,34,37)/b18-13+/t21-,30-/m0/s1. The summed E-state index contributed by atoms with van der Waals surface area (Å²) < 4.78 is 11.4.